The minimum Gasteiger partial charge on any atom is -0.390 e. The number of aromatic nitrogens is 1. The van der Waals surface area contributed by atoms with Crippen molar-refractivity contribution in [1.29, 1.82) is 0 Å². The lowest BCUT2D eigenvalue weighted by Gasteiger charge is -1.97. The van der Waals surface area contributed by atoms with Crippen molar-refractivity contribution in [3.05, 3.63) is 29.3 Å². The molecule has 0 amide bonds. The number of halogens is 1. The lowest BCUT2D eigenvalue weighted by Crippen LogP contribution is -1.93. The number of aliphatic hydroxyl groups excluding tert-OH is 1. The Balaban J connectivity index is 3.04. The molecule has 0 aromatic carbocycles. The predicted molar refractivity (Wildman–Crippen MR) is 34.9 cm³/mol. The van der Waals surface area contributed by atoms with Gasteiger partial charge in [0.15, 0.2) is 0 Å². The summed E-state index contributed by atoms with van der Waals surface area (Å²) in [6.07, 6.45) is 0. The molecular weight excluding hydrogens is 133 g/mol. The third-order valence-corrected chi connectivity index (χ3v) is 1.24. The second kappa shape index (κ2) is 2.75. The normalized spacial score (nSPS) is 9.90. The highest BCUT2D eigenvalue weighted by molar-refractivity contribution is 5.11. The molecule has 3 heteroatoms. The Labute approximate surface area is 58.3 Å². The summed E-state index contributed by atoms with van der Waals surface area (Å²) in [6, 6.07) is 2.76. The molecule has 0 fully saturated rings. The summed E-state index contributed by atoms with van der Waals surface area (Å²) in [5, 5.41) is 8.57. The fourth-order valence-corrected chi connectivity index (χ4v) is 0.684. The molecule has 0 aliphatic rings. The molecule has 1 aromatic rings. The Hall–Kier alpha value is -0.960. The van der Waals surface area contributed by atoms with Crippen LogP contribution < -0.4 is 0 Å². The van der Waals surface area contributed by atoms with Gasteiger partial charge in [-0.1, -0.05) is 0 Å². The Morgan fingerprint density at radius 3 is 2.80 bits per heavy atom. The van der Waals surface area contributed by atoms with Gasteiger partial charge in [-0.15, -0.1) is 0 Å². The standard InChI is InChI=1S/C7H8FNO/c1-5-7(8)3-2-6(4-10)9-5/h2-3,10H,4H2,1H3. The number of nitrogens with zero attached hydrogens (tertiary/aromatic N) is 1. The molecule has 0 spiro atoms. The lowest BCUT2D eigenvalue weighted by molar-refractivity contribution is 0.276. The summed E-state index contributed by atoms with van der Waals surface area (Å²) in [5.74, 6) is -0.336. The van der Waals surface area contributed by atoms with E-state index in [2.05, 4.69) is 4.98 Å². The average Bonchev–Trinajstić information content (AvgIpc) is 1.95. The van der Waals surface area contributed by atoms with Gasteiger partial charge < -0.3 is 5.11 Å². The van der Waals surface area contributed by atoms with Crippen molar-refractivity contribution in [2.45, 2.75) is 13.5 Å². The van der Waals surface area contributed by atoms with E-state index in [-0.39, 0.29) is 12.4 Å². The number of hydrogen-bond donors (Lipinski definition) is 1. The Morgan fingerprint density at radius 1 is 1.60 bits per heavy atom. The van der Waals surface area contributed by atoms with E-state index in [1.165, 1.54) is 12.1 Å². The van der Waals surface area contributed by atoms with Gasteiger partial charge in [0.2, 0.25) is 0 Å². The number of aryl methyl sites for hydroxylation is 1. The molecule has 1 N–H and O–H groups in total. The topological polar surface area (TPSA) is 33.1 Å². The van der Waals surface area contributed by atoms with E-state index in [0.29, 0.717) is 11.4 Å². The lowest BCUT2D eigenvalue weighted by atomic mass is 10.3. The van der Waals surface area contributed by atoms with Crippen LogP contribution in [-0.2, 0) is 6.61 Å². The molecule has 1 rings (SSSR count). The van der Waals surface area contributed by atoms with Crippen molar-refractivity contribution in [2.75, 3.05) is 0 Å². The zero-order chi connectivity index (χ0) is 7.56. The molecule has 54 valence electrons. The van der Waals surface area contributed by atoms with Gasteiger partial charge in [-0.3, -0.25) is 4.98 Å². The fraction of sp³-hybridized carbons (Fsp3) is 0.286. The van der Waals surface area contributed by atoms with Gasteiger partial charge in [0.1, 0.15) is 5.82 Å². The monoisotopic (exact) mass is 141 g/mol. The maximum atomic E-state index is 12.5. The number of aliphatic hydroxyl groups is 1. The maximum absolute atomic E-state index is 12.5. The van der Waals surface area contributed by atoms with Crippen LogP contribution in [-0.4, -0.2) is 10.1 Å². The molecule has 1 aromatic heterocycles. The van der Waals surface area contributed by atoms with Crippen LogP contribution in [0.2, 0.25) is 0 Å². The first-order valence-corrected chi connectivity index (χ1v) is 2.97. The zero-order valence-corrected chi connectivity index (χ0v) is 5.63. The van der Waals surface area contributed by atoms with Gasteiger partial charge in [-0.05, 0) is 19.1 Å². The fourth-order valence-electron chi connectivity index (χ4n) is 0.684. The largest absolute Gasteiger partial charge is 0.390 e. The van der Waals surface area contributed by atoms with Gasteiger partial charge in [0.25, 0.3) is 0 Å². The average molecular weight is 141 g/mol. The van der Waals surface area contributed by atoms with Gasteiger partial charge in [-0.25, -0.2) is 4.39 Å². The van der Waals surface area contributed by atoms with Crippen molar-refractivity contribution in [3.8, 4) is 0 Å². The van der Waals surface area contributed by atoms with Crippen LogP contribution in [0.5, 0.6) is 0 Å². The molecule has 0 aliphatic heterocycles. The van der Waals surface area contributed by atoms with Crippen molar-refractivity contribution < 1.29 is 9.50 Å². The maximum Gasteiger partial charge on any atom is 0.144 e. The van der Waals surface area contributed by atoms with Crippen LogP contribution in [0, 0.1) is 12.7 Å². The minimum atomic E-state index is -0.336. The van der Waals surface area contributed by atoms with Crippen LogP contribution in [0.4, 0.5) is 4.39 Å². The number of hydrogen-bond acceptors (Lipinski definition) is 2. The first-order valence-electron chi connectivity index (χ1n) is 2.97. The van der Waals surface area contributed by atoms with Crippen LogP contribution >= 0.6 is 0 Å². The van der Waals surface area contributed by atoms with E-state index in [1.807, 2.05) is 0 Å². The Morgan fingerprint density at radius 2 is 2.30 bits per heavy atom. The minimum absolute atomic E-state index is 0.138. The predicted octanol–water partition coefficient (Wildman–Crippen LogP) is 1.02. The second-order valence-corrected chi connectivity index (χ2v) is 2.03. The van der Waals surface area contributed by atoms with Crippen molar-refractivity contribution in [3.63, 3.8) is 0 Å². The van der Waals surface area contributed by atoms with Crippen LogP contribution in [0.1, 0.15) is 11.4 Å². The van der Waals surface area contributed by atoms with E-state index in [4.69, 9.17) is 5.11 Å². The van der Waals surface area contributed by atoms with Gasteiger partial charge >= 0.3 is 0 Å². The molecular formula is C7H8FNO. The quantitative estimate of drug-likeness (QED) is 0.633. The van der Waals surface area contributed by atoms with Crippen LogP contribution in [0.15, 0.2) is 12.1 Å². The molecule has 0 saturated heterocycles. The highest BCUT2D eigenvalue weighted by atomic mass is 19.1. The molecule has 0 unspecified atom stereocenters. The summed E-state index contributed by atoms with van der Waals surface area (Å²) in [4.78, 5) is 3.77. The summed E-state index contributed by atoms with van der Waals surface area (Å²) >= 11 is 0. The Bertz CT molecular complexity index is 237. The first-order chi connectivity index (χ1) is 4.74. The highest BCUT2D eigenvalue weighted by Crippen LogP contribution is 2.03. The van der Waals surface area contributed by atoms with Crippen molar-refractivity contribution >= 4 is 0 Å². The number of rotatable bonds is 1. The summed E-state index contributed by atoms with van der Waals surface area (Å²) in [7, 11) is 0. The van der Waals surface area contributed by atoms with E-state index in [0.717, 1.165) is 0 Å². The molecule has 0 aliphatic carbocycles. The second-order valence-electron chi connectivity index (χ2n) is 2.03. The third kappa shape index (κ3) is 1.30. The molecule has 10 heavy (non-hydrogen) atoms. The molecule has 0 radical (unpaired) electrons. The van der Waals surface area contributed by atoms with Gasteiger partial charge in [0.05, 0.1) is 18.0 Å². The van der Waals surface area contributed by atoms with E-state index >= 15 is 0 Å². The molecule has 2 nitrogen and oxygen atoms in total. The van der Waals surface area contributed by atoms with Crippen LogP contribution in [0.25, 0.3) is 0 Å². The third-order valence-electron chi connectivity index (χ3n) is 1.24. The van der Waals surface area contributed by atoms with Crippen molar-refractivity contribution in [1.82, 2.24) is 4.98 Å². The SMILES string of the molecule is Cc1nc(CO)ccc1F. The van der Waals surface area contributed by atoms with E-state index < -0.39 is 0 Å². The summed E-state index contributed by atoms with van der Waals surface area (Å²) in [6.45, 7) is 1.43. The molecule has 0 atom stereocenters. The summed E-state index contributed by atoms with van der Waals surface area (Å²) in [5.41, 5.74) is 0.824. The van der Waals surface area contributed by atoms with E-state index in [1.54, 1.807) is 6.92 Å². The highest BCUT2D eigenvalue weighted by Gasteiger charge is 1.97. The summed E-state index contributed by atoms with van der Waals surface area (Å²) < 4.78 is 12.5. The van der Waals surface area contributed by atoms with E-state index in [9.17, 15) is 4.39 Å². The Kier molecular flexibility index (Phi) is 1.97. The molecule has 0 bridgehead atoms. The smallest absolute Gasteiger partial charge is 0.144 e. The van der Waals surface area contributed by atoms with Crippen LogP contribution in [0.3, 0.4) is 0 Å². The number of pyridine rings is 1. The van der Waals surface area contributed by atoms with Crippen molar-refractivity contribution in [2.24, 2.45) is 0 Å². The van der Waals surface area contributed by atoms with Gasteiger partial charge in [0, 0.05) is 0 Å². The molecule has 1 heterocycles. The zero-order valence-electron chi connectivity index (χ0n) is 5.63. The molecule has 0 saturated carbocycles. The first kappa shape index (κ1) is 7.15. The van der Waals surface area contributed by atoms with Gasteiger partial charge in [-0.2, -0.15) is 0 Å².